The van der Waals surface area contributed by atoms with E-state index >= 15 is 0 Å². The van der Waals surface area contributed by atoms with E-state index in [1.165, 1.54) is 5.57 Å². The van der Waals surface area contributed by atoms with E-state index in [9.17, 15) is 9.90 Å². The molecule has 1 heterocycles. The SMILES string of the molecule is COc1ccccc1CNCC1C(=O)OC2CC3=CCCC(C)C3(C)C(O)C21. The van der Waals surface area contributed by atoms with Gasteiger partial charge >= 0.3 is 5.97 Å². The number of benzene rings is 1. The van der Waals surface area contributed by atoms with Crippen molar-refractivity contribution in [3.05, 3.63) is 41.5 Å². The van der Waals surface area contributed by atoms with E-state index in [4.69, 9.17) is 9.47 Å². The number of esters is 1. The van der Waals surface area contributed by atoms with Gasteiger partial charge in [0, 0.05) is 36.4 Å². The van der Waals surface area contributed by atoms with Gasteiger partial charge in [0.25, 0.3) is 0 Å². The predicted molar refractivity (Wildman–Crippen MR) is 107 cm³/mol. The zero-order valence-corrected chi connectivity index (χ0v) is 17.0. The third-order valence-electron chi connectivity index (χ3n) is 7.44. The van der Waals surface area contributed by atoms with E-state index in [2.05, 4.69) is 25.2 Å². The van der Waals surface area contributed by atoms with Gasteiger partial charge in [0.2, 0.25) is 0 Å². The van der Waals surface area contributed by atoms with Gasteiger partial charge in [0.05, 0.1) is 19.1 Å². The molecule has 2 fully saturated rings. The standard InChI is InChI=1S/C23H31NO4/c1-14-7-6-9-16-11-19-20(21(25)23(14,16)2)17(22(26)28-19)13-24-12-15-8-4-5-10-18(15)27-3/h4-5,8-10,14,17,19-21,24-25H,6-7,11-13H2,1-3H3. The van der Waals surface area contributed by atoms with Gasteiger partial charge in [-0.2, -0.15) is 0 Å². The number of para-hydroxylation sites is 1. The van der Waals surface area contributed by atoms with Crippen LogP contribution in [-0.2, 0) is 16.1 Å². The van der Waals surface area contributed by atoms with Crippen molar-refractivity contribution in [2.24, 2.45) is 23.2 Å². The number of hydrogen-bond acceptors (Lipinski definition) is 5. The first-order valence-corrected chi connectivity index (χ1v) is 10.4. The van der Waals surface area contributed by atoms with Crippen molar-refractivity contribution in [2.45, 2.75) is 51.9 Å². The molecule has 28 heavy (non-hydrogen) atoms. The molecule has 0 radical (unpaired) electrons. The molecule has 2 aliphatic carbocycles. The van der Waals surface area contributed by atoms with Crippen molar-refractivity contribution in [1.82, 2.24) is 5.32 Å². The maximum absolute atomic E-state index is 12.6. The van der Waals surface area contributed by atoms with E-state index in [1.54, 1.807) is 7.11 Å². The first-order chi connectivity index (χ1) is 13.5. The number of rotatable bonds is 5. The molecule has 5 nitrogen and oxygen atoms in total. The summed E-state index contributed by atoms with van der Waals surface area (Å²) < 4.78 is 11.1. The maximum atomic E-state index is 12.6. The summed E-state index contributed by atoms with van der Waals surface area (Å²) in [5.41, 5.74) is 2.07. The van der Waals surface area contributed by atoms with Crippen molar-refractivity contribution in [1.29, 1.82) is 0 Å². The molecule has 1 saturated carbocycles. The normalized spacial score (nSPS) is 36.9. The van der Waals surface area contributed by atoms with Gasteiger partial charge in [-0.3, -0.25) is 4.79 Å². The predicted octanol–water partition coefficient (Wildman–Crippen LogP) is 3.07. The van der Waals surface area contributed by atoms with Crippen LogP contribution >= 0.6 is 0 Å². The van der Waals surface area contributed by atoms with Crippen molar-refractivity contribution in [3.63, 3.8) is 0 Å². The molecule has 0 amide bonds. The summed E-state index contributed by atoms with van der Waals surface area (Å²) in [6, 6.07) is 7.86. The van der Waals surface area contributed by atoms with E-state index in [0.29, 0.717) is 19.0 Å². The Morgan fingerprint density at radius 2 is 2.14 bits per heavy atom. The summed E-state index contributed by atoms with van der Waals surface area (Å²) in [6.45, 7) is 5.51. The second-order valence-electron chi connectivity index (χ2n) is 8.74. The number of carbonyl (C=O) groups is 1. The minimum Gasteiger partial charge on any atom is -0.496 e. The Hall–Kier alpha value is -1.85. The monoisotopic (exact) mass is 385 g/mol. The number of aliphatic hydroxyl groups is 1. The molecule has 1 aromatic carbocycles. The van der Waals surface area contributed by atoms with Gasteiger partial charge in [0.1, 0.15) is 11.9 Å². The fourth-order valence-electron chi connectivity index (χ4n) is 5.51. The first-order valence-electron chi connectivity index (χ1n) is 10.4. The molecule has 0 spiro atoms. The number of aliphatic hydroxyl groups excluding tert-OH is 1. The third kappa shape index (κ3) is 3.05. The van der Waals surface area contributed by atoms with Crippen LogP contribution in [0.1, 0.15) is 38.7 Å². The highest BCUT2D eigenvalue weighted by Crippen LogP contribution is 2.55. The molecular weight excluding hydrogens is 354 g/mol. The van der Waals surface area contributed by atoms with Crippen LogP contribution in [0.5, 0.6) is 5.75 Å². The summed E-state index contributed by atoms with van der Waals surface area (Å²) in [4.78, 5) is 12.6. The number of allylic oxidation sites excluding steroid dienone is 1. The number of fused-ring (bicyclic) bond motifs is 2. The molecular formula is C23H31NO4. The number of carbonyl (C=O) groups excluding carboxylic acids is 1. The minimum absolute atomic E-state index is 0.152. The molecule has 3 aliphatic rings. The van der Waals surface area contributed by atoms with Gasteiger partial charge < -0.3 is 19.9 Å². The van der Waals surface area contributed by atoms with Crippen LogP contribution in [0.2, 0.25) is 0 Å². The molecule has 0 bridgehead atoms. The van der Waals surface area contributed by atoms with Crippen LogP contribution in [0.4, 0.5) is 0 Å². The van der Waals surface area contributed by atoms with E-state index < -0.39 is 6.10 Å². The van der Waals surface area contributed by atoms with Crippen LogP contribution in [0.15, 0.2) is 35.9 Å². The van der Waals surface area contributed by atoms with Crippen molar-refractivity contribution >= 4 is 5.97 Å². The van der Waals surface area contributed by atoms with Crippen molar-refractivity contribution in [2.75, 3.05) is 13.7 Å². The van der Waals surface area contributed by atoms with Crippen LogP contribution in [-0.4, -0.2) is 36.9 Å². The average Bonchev–Trinajstić information content (AvgIpc) is 3.00. The summed E-state index contributed by atoms with van der Waals surface area (Å²) in [6.07, 6.45) is 4.40. The van der Waals surface area contributed by atoms with Crippen molar-refractivity contribution in [3.8, 4) is 5.75 Å². The highest BCUT2D eigenvalue weighted by Gasteiger charge is 2.59. The lowest BCUT2D eigenvalue weighted by Crippen LogP contribution is -2.54. The Balaban J connectivity index is 1.49. The van der Waals surface area contributed by atoms with Crippen LogP contribution in [0, 0.1) is 23.2 Å². The number of ether oxygens (including phenoxy) is 2. The first kappa shape index (κ1) is 19.5. The third-order valence-corrected chi connectivity index (χ3v) is 7.44. The Morgan fingerprint density at radius 3 is 2.93 bits per heavy atom. The summed E-state index contributed by atoms with van der Waals surface area (Å²) in [5, 5.41) is 14.8. The molecule has 6 unspecified atom stereocenters. The largest absolute Gasteiger partial charge is 0.496 e. The zero-order chi connectivity index (χ0) is 19.9. The number of hydrogen-bond donors (Lipinski definition) is 2. The van der Waals surface area contributed by atoms with Gasteiger partial charge in [-0.25, -0.2) is 0 Å². The lowest BCUT2D eigenvalue weighted by Gasteiger charge is -2.51. The van der Waals surface area contributed by atoms with Gasteiger partial charge in [-0.05, 0) is 24.8 Å². The molecule has 5 heteroatoms. The Kier molecular flexibility index (Phi) is 5.23. The topological polar surface area (TPSA) is 67.8 Å². The maximum Gasteiger partial charge on any atom is 0.311 e. The smallest absolute Gasteiger partial charge is 0.311 e. The van der Waals surface area contributed by atoms with Gasteiger partial charge in [0.15, 0.2) is 0 Å². The molecule has 0 aromatic heterocycles. The lowest BCUT2D eigenvalue weighted by molar-refractivity contribution is -0.144. The molecule has 1 saturated heterocycles. The van der Waals surface area contributed by atoms with Crippen LogP contribution in [0.3, 0.4) is 0 Å². The molecule has 152 valence electrons. The fourth-order valence-corrected chi connectivity index (χ4v) is 5.51. The number of methoxy groups -OCH3 is 1. The molecule has 2 N–H and O–H groups in total. The Labute approximate surface area is 167 Å². The molecule has 6 atom stereocenters. The molecule has 4 rings (SSSR count). The lowest BCUT2D eigenvalue weighted by atomic mass is 9.55. The summed E-state index contributed by atoms with van der Waals surface area (Å²) in [5.74, 6) is 0.582. The van der Waals surface area contributed by atoms with Crippen LogP contribution < -0.4 is 10.1 Å². The Bertz CT molecular complexity index is 776. The quantitative estimate of drug-likeness (QED) is 0.602. The second kappa shape index (κ2) is 7.53. The zero-order valence-electron chi connectivity index (χ0n) is 17.0. The van der Waals surface area contributed by atoms with Crippen molar-refractivity contribution < 1.29 is 19.4 Å². The highest BCUT2D eigenvalue weighted by atomic mass is 16.6. The molecule has 1 aromatic rings. The van der Waals surface area contributed by atoms with E-state index in [1.807, 2.05) is 24.3 Å². The Morgan fingerprint density at radius 1 is 1.36 bits per heavy atom. The minimum atomic E-state index is -0.558. The highest BCUT2D eigenvalue weighted by molar-refractivity contribution is 5.76. The van der Waals surface area contributed by atoms with Crippen LogP contribution in [0.25, 0.3) is 0 Å². The molecule has 1 aliphatic heterocycles. The average molecular weight is 386 g/mol. The summed E-state index contributed by atoms with van der Waals surface area (Å²) in [7, 11) is 1.66. The van der Waals surface area contributed by atoms with E-state index in [-0.39, 0.29) is 29.3 Å². The van der Waals surface area contributed by atoms with Gasteiger partial charge in [-0.15, -0.1) is 0 Å². The summed E-state index contributed by atoms with van der Waals surface area (Å²) >= 11 is 0. The second-order valence-corrected chi connectivity index (χ2v) is 8.74. The van der Waals surface area contributed by atoms with Gasteiger partial charge in [-0.1, -0.05) is 43.7 Å². The number of nitrogens with one attached hydrogen (secondary N) is 1. The fraction of sp³-hybridized carbons (Fsp3) is 0.609. The van der Waals surface area contributed by atoms with E-state index in [0.717, 1.165) is 30.6 Å².